The van der Waals surface area contributed by atoms with Crippen LogP contribution in [0, 0.1) is 0 Å². The Balaban J connectivity index is 2.52. The van der Waals surface area contributed by atoms with Gasteiger partial charge in [0.25, 0.3) is 0 Å². The van der Waals surface area contributed by atoms with Crippen LogP contribution in [0.3, 0.4) is 0 Å². The lowest BCUT2D eigenvalue weighted by Crippen LogP contribution is -2.39. The molecule has 6 heteroatoms. The Bertz CT molecular complexity index is 567. The van der Waals surface area contributed by atoms with Crippen LogP contribution in [0.5, 0.6) is 5.75 Å². The van der Waals surface area contributed by atoms with Gasteiger partial charge < -0.3 is 20.3 Å². The highest BCUT2D eigenvalue weighted by Crippen LogP contribution is 2.21. The second-order valence-corrected chi connectivity index (χ2v) is 6.01. The molecule has 1 rings (SSSR count). The predicted molar refractivity (Wildman–Crippen MR) is 103 cm³/mol. The van der Waals surface area contributed by atoms with E-state index in [9.17, 15) is 4.79 Å². The lowest BCUT2D eigenvalue weighted by Gasteiger charge is -2.16. The Morgan fingerprint density at radius 2 is 2.00 bits per heavy atom. The number of guanidine groups is 1. The highest BCUT2D eigenvalue weighted by Gasteiger charge is 2.07. The first-order valence-electron chi connectivity index (χ1n) is 8.45. The average molecular weight is 346 g/mol. The number of methoxy groups -OCH3 is 1. The van der Waals surface area contributed by atoms with Gasteiger partial charge >= 0.3 is 0 Å². The van der Waals surface area contributed by atoms with Gasteiger partial charge in [0, 0.05) is 27.2 Å². The number of nitrogens with zero attached hydrogens (tertiary/aromatic N) is 2. The zero-order valence-electron chi connectivity index (χ0n) is 15.7. The molecule has 0 radical (unpaired) electrons. The van der Waals surface area contributed by atoms with Gasteiger partial charge in [0.2, 0.25) is 5.91 Å². The van der Waals surface area contributed by atoms with Gasteiger partial charge in [-0.15, -0.1) is 6.58 Å². The molecule has 2 N–H and O–H groups in total. The highest BCUT2D eigenvalue weighted by atomic mass is 16.5. The molecule has 1 atom stereocenters. The molecule has 6 nitrogen and oxygen atoms in total. The monoisotopic (exact) mass is 346 g/mol. The molecule has 1 aromatic carbocycles. The van der Waals surface area contributed by atoms with Gasteiger partial charge in [-0.1, -0.05) is 25.1 Å². The summed E-state index contributed by atoms with van der Waals surface area (Å²) in [7, 11) is 5.11. The second kappa shape index (κ2) is 11.1. The number of nitrogens with one attached hydrogen (secondary N) is 2. The van der Waals surface area contributed by atoms with Crippen molar-refractivity contribution in [1.29, 1.82) is 0 Å². The topological polar surface area (TPSA) is 66.0 Å². The van der Waals surface area contributed by atoms with Crippen LogP contribution in [0.15, 0.2) is 41.9 Å². The number of carbonyl (C=O) groups is 1. The first-order valence-corrected chi connectivity index (χ1v) is 8.45. The third kappa shape index (κ3) is 7.74. The number of benzene rings is 1. The summed E-state index contributed by atoms with van der Waals surface area (Å²) >= 11 is 0. The fourth-order valence-electron chi connectivity index (χ4n) is 2.14. The van der Waals surface area contributed by atoms with E-state index in [0.29, 0.717) is 18.4 Å². The summed E-state index contributed by atoms with van der Waals surface area (Å²) in [5.41, 5.74) is 1.27. The van der Waals surface area contributed by atoms with Crippen molar-refractivity contribution in [2.24, 2.45) is 4.99 Å². The number of rotatable bonds is 9. The van der Waals surface area contributed by atoms with Crippen LogP contribution in [0.2, 0.25) is 0 Å². The number of hydrogen-bond acceptors (Lipinski definition) is 3. The molecule has 0 bridgehead atoms. The molecule has 0 spiro atoms. The van der Waals surface area contributed by atoms with Crippen LogP contribution >= 0.6 is 0 Å². The van der Waals surface area contributed by atoms with Crippen LogP contribution in [0.25, 0.3) is 0 Å². The molecule has 1 unspecified atom stereocenters. The highest BCUT2D eigenvalue weighted by molar-refractivity contribution is 5.84. The van der Waals surface area contributed by atoms with Crippen LogP contribution in [0.4, 0.5) is 0 Å². The van der Waals surface area contributed by atoms with Crippen LogP contribution in [-0.4, -0.2) is 57.6 Å². The summed E-state index contributed by atoms with van der Waals surface area (Å²) in [6.07, 6.45) is 2.70. The quantitative estimate of drug-likeness (QED) is 0.408. The SMILES string of the molecule is C=CCNC(=NCC(=O)N(C)C)NCCC(C)c1ccc(OC)cc1. The molecule has 0 aromatic heterocycles. The van der Waals surface area contributed by atoms with Crippen molar-refractivity contribution in [2.75, 3.05) is 40.8 Å². The van der Waals surface area contributed by atoms with E-state index in [1.54, 1.807) is 27.3 Å². The fraction of sp³-hybridized carbons (Fsp3) is 0.474. The Labute approximate surface area is 151 Å². The number of hydrogen-bond donors (Lipinski definition) is 2. The molecular weight excluding hydrogens is 316 g/mol. The molecule has 1 aromatic rings. The maximum absolute atomic E-state index is 11.7. The number of aliphatic imine (C=N–C) groups is 1. The minimum absolute atomic E-state index is 0.0358. The summed E-state index contributed by atoms with van der Waals surface area (Å²) in [4.78, 5) is 17.5. The van der Waals surface area contributed by atoms with Gasteiger partial charge in [-0.25, -0.2) is 4.99 Å². The van der Waals surface area contributed by atoms with Crippen LogP contribution < -0.4 is 15.4 Å². The largest absolute Gasteiger partial charge is 0.497 e. The third-order valence-electron chi connectivity index (χ3n) is 3.84. The van der Waals surface area contributed by atoms with Gasteiger partial charge in [-0.2, -0.15) is 0 Å². The van der Waals surface area contributed by atoms with Crippen molar-refractivity contribution < 1.29 is 9.53 Å². The number of carbonyl (C=O) groups excluding carboxylic acids is 1. The van der Waals surface area contributed by atoms with Crippen molar-refractivity contribution in [2.45, 2.75) is 19.3 Å². The lowest BCUT2D eigenvalue weighted by molar-refractivity contribution is -0.127. The minimum Gasteiger partial charge on any atom is -0.497 e. The van der Waals surface area contributed by atoms with E-state index < -0.39 is 0 Å². The fourth-order valence-corrected chi connectivity index (χ4v) is 2.14. The van der Waals surface area contributed by atoms with Gasteiger partial charge in [0.15, 0.2) is 5.96 Å². The lowest BCUT2D eigenvalue weighted by atomic mass is 9.98. The maximum Gasteiger partial charge on any atom is 0.243 e. The maximum atomic E-state index is 11.7. The van der Waals surface area contributed by atoms with E-state index >= 15 is 0 Å². The molecule has 0 aliphatic rings. The van der Waals surface area contributed by atoms with Crippen molar-refractivity contribution in [3.63, 3.8) is 0 Å². The zero-order chi connectivity index (χ0) is 18.7. The first-order chi connectivity index (χ1) is 12.0. The number of ether oxygens (including phenoxy) is 1. The standard InChI is InChI=1S/C19H30N4O2/c1-6-12-20-19(22-14-18(24)23(3)4)21-13-11-15(2)16-7-9-17(25-5)10-8-16/h6-10,15H,1,11-14H2,2-5H3,(H2,20,21,22). The van der Waals surface area contributed by atoms with Gasteiger partial charge in [0.05, 0.1) is 7.11 Å². The predicted octanol–water partition coefficient (Wildman–Crippen LogP) is 2.00. The molecule has 1 amide bonds. The van der Waals surface area contributed by atoms with Gasteiger partial charge in [-0.05, 0) is 30.0 Å². The third-order valence-corrected chi connectivity index (χ3v) is 3.84. The molecule has 0 aliphatic carbocycles. The summed E-state index contributed by atoms with van der Waals surface area (Å²) in [6, 6.07) is 8.13. The molecule has 0 aliphatic heterocycles. The zero-order valence-corrected chi connectivity index (χ0v) is 15.7. The Morgan fingerprint density at radius 1 is 1.32 bits per heavy atom. The Morgan fingerprint density at radius 3 is 2.56 bits per heavy atom. The Hall–Kier alpha value is -2.50. The van der Waals surface area contributed by atoms with Gasteiger partial charge in [0.1, 0.15) is 12.3 Å². The van der Waals surface area contributed by atoms with E-state index in [2.05, 4.69) is 41.3 Å². The van der Waals surface area contributed by atoms with E-state index in [4.69, 9.17) is 4.74 Å². The number of likely N-dealkylation sites (N-methyl/N-ethyl adjacent to an activating group) is 1. The van der Waals surface area contributed by atoms with E-state index in [1.807, 2.05) is 12.1 Å². The summed E-state index contributed by atoms with van der Waals surface area (Å²) in [6.45, 7) is 7.34. The molecule has 25 heavy (non-hydrogen) atoms. The average Bonchev–Trinajstić information content (AvgIpc) is 2.62. The Kier molecular flexibility index (Phi) is 9.14. The molecule has 138 valence electrons. The second-order valence-electron chi connectivity index (χ2n) is 6.01. The smallest absolute Gasteiger partial charge is 0.243 e. The van der Waals surface area contributed by atoms with Crippen LogP contribution in [0.1, 0.15) is 24.8 Å². The normalized spacial score (nSPS) is 12.2. The first kappa shape index (κ1) is 20.5. The number of amides is 1. The molecular formula is C19H30N4O2. The van der Waals surface area contributed by atoms with Crippen molar-refractivity contribution in [3.8, 4) is 5.75 Å². The summed E-state index contributed by atoms with van der Waals surface area (Å²) in [5, 5.41) is 6.39. The minimum atomic E-state index is -0.0358. The molecule has 0 saturated carbocycles. The van der Waals surface area contributed by atoms with Crippen molar-refractivity contribution in [3.05, 3.63) is 42.5 Å². The molecule has 0 fully saturated rings. The summed E-state index contributed by atoms with van der Waals surface area (Å²) in [5.74, 6) is 1.86. The molecule has 0 saturated heterocycles. The van der Waals surface area contributed by atoms with E-state index in [1.165, 1.54) is 10.5 Å². The van der Waals surface area contributed by atoms with E-state index in [-0.39, 0.29) is 12.5 Å². The molecule has 0 heterocycles. The van der Waals surface area contributed by atoms with Crippen molar-refractivity contribution in [1.82, 2.24) is 15.5 Å². The van der Waals surface area contributed by atoms with Crippen molar-refractivity contribution >= 4 is 11.9 Å². The summed E-state index contributed by atoms with van der Waals surface area (Å²) < 4.78 is 5.19. The van der Waals surface area contributed by atoms with Gasteiger partial charge in [-0.3, -0.25) is 4.79 Å². The van der Waals surface area contributed by atoms with E-state index in [0.717, 1.165) is 18.7 Å². The van der Waals surface area contributed by atoms with Crippen LogP contribution in [-0.2, 0) is 4.79 Å².